The Morgan fingerprint density at radius 1 is 1.00 bits per heavy atom. The number of H-pyrrole nitrogens is 1. The van der Waals surface area contributed by atoms with Gasteiger partial charge in [0.1, 0.15) is 17.3 Å². The predicted octanol–water partition coefficient (Wildman–Crippen LogP) is 5.29. The van der Waals surface area contributed by atoms with Crippen LogP contribution in [0.2, 0.25) is 10.0 Å². The Hall–Kier alpha value is -4.54. The summed E-state index contributed by atoms with van der Waals surface area (Å²) in [6.07, 6.45) is 4.67. The lowest BCUT2D eigenvalue weighted by molar-refractivity contribution is 0.0944. The van der Waals surface area contributed by atoms with Crippen molar-refractivity contribution >= 4 is 40.8 Å². The fourth-order valence-electron chi connectivity index (χ4n) is 3.67. The van der Waals surface area contributed by atoms with Crippen molar-refractivity contribution in [1.82, 2.24) is 30.3 Å². The first-order valence-electron chi connectivity index (χ1n) is 11.2. The molecule has 3 heterocycles. The van der Waals surface area contributed by atoms with E-state index in [9.17, 15) is 14.0 Å². The SMILES string of the molecule is O=C(NCc1cn[nH]c1)c1cc(NC(=O)c2cc(-c3ncccc3F)c(Cl)cc2Cl)n(-c2ccccc2)n1. The predicted molar refractivity (Wildman–Crippen MR) is 141 cm³/mol. The Labute approximate surface area is 225 Å². The molecule has 5 rings (SSSR count). The first-order chi connectivity index (χ1) is 18.4. The molecule has 9 nitrogen and oxygen atoms in total. The molecule has 190 valence electrons. The van der Waals surface area contributed by atoms with Crippen LogP contribution in [0.1, 0.15) is 26.4 Å². The maximum Gasteiger partial charge on any atom is 0.272 e. The molecular formula is C26H18Cl2FN7O2. The van der Waals surface area contributed by atoms with Crippen LogP contribution in [0.15, 0.2) is 79.3 Å². The van der Waals surface area contributed by atoms with Crippen molar-refractivity contribution in [3.05, 3.63) is 112 Å². The van der Waals surface area contributed by atoms with Gasteiger partial charge in [0.25, 0.3) is 11.8 Å². The van der Waals surface area contributed by atoms with Crippen LogP contribution in [0.25, 0.3) is 16.9 Å². The van der Waals surface area contributed by atoms with E-state index in [1.165, 1.54) is 41.2 Å². The largest absolute Gasteiger partial charge is 0.346 e. The van der Waals surface area contributed by atoms with Crippen molar-refractivity contribution in [2.75, 3.05) is 5.32 Å². The van der Waals surface area contributed by atoms with Gasteiger partial charge in [0.15, 0.2) is 5.69 Å². The normalized spacial score (nSPS) is 10.8. The molecule has 0 unspecified atom stereocenters. The van der Waals surface area contributed by atoms with Crippen LogP contribution in [-0.2, 0) is 6.54 Å². The number of benzene rings is 2. The summed E-state index contributed by atoms with van der Waals surface area (Å²) in [7, 11) is 0. The van der Waals surface area contributed by atoms with E-state index >= 15 is 0 Å². The van der Waals surface area contributed by atoms with E-state index < -0.39 is 17.6 Å². The van der Waals surface area contributed by atoms with E-state index in [0.717, 1.165) is 5.56 Å². The van der Waals surface area contributed by atoms with Gasteiger partial charge in [0.2, 0.25) is 0 Å². The third-order valence-electron chi connectivity index (χ3n) is 5.51. The van der Waals surface area contributed by atoms with Crippen molar-refractivity contribution in [2.24, 2.45) is 0 Å². The number of carbonyl (C=O) groups is 2. The molecule has 12 heteroatoms. The number of aromatic amines is 1. The van der Waals surface area contributed by atoms with E-state index in [2.05, 4.69) is 30.9 Å². The Morgan fingerprint density at radius 2 is 1.82 bits per heavy atom. The summed E-state index contributed by atoms with van der Waals surface area (Å²) in [4.78, 5) is 30.2. The van der Waals surface area contributed by atoms with Crippen LogP contribution in [0.4, 0.5) is 10.2 Å². The zero-order valence-electron chi connectivity index (χ0n) is 19.5. The number of nitrogens with one attached hydrogen (secondary N) is 3. The number of carbonyl (C=O) groups excluding carboxylic acids is 2. The van der Waals surface area contributed by atoms with Gasteiger partial charge in [-0.25, -0.2) is 9.07 Å². The second-order valence-electron chi connectivity index (χ2n) is 8.05. The first-order valence-corrected chi connectivity index (χ1v) is 12.0. The van der Waals surface area contributed by atoms with Crippen LogP contribution >= 0.6 is 23.2 Å². The van der Waals surface area contributed by atoms with Crippen molar-refractivity contribution in [1.29, 1.82) is 0 Å². The summed E-state index contributed by atoms with van der Waals surface area (Å²) >= 11 is 12.6. The highest BCUT2D eigenvalue weighted by Gasteiger charge is 2.21. The Bertz CT molecular complexity index is 1620. The molecular weight excluding hydrogens is 532 g/mol. The molecule has 3 N–H and O–H groups in total. The minimum atomic E-state index is -0.619. The molecule has 38 heavy (non-hydrogen) atoms. The van der Waals surface area contributed by atoms with Crippen LogP contribution in [-0.4, -0.2) is 36.8 Å². The minimum absolute atomic E-state index is 0.0193. The van der Waals surface area contributed by atoms with Crippen molar-refractivity contribution in [3.8, 4) is 16.9 Å². The molecule has 0 saturated heterocycles. The van der Waals surface area contributed by atoms with Gasteiger partial charge in [-0.2, -0.15) is 10.2 Å². The van der Waals surface area contributed by atoms with Gasteiger partial charge >= 0.3 is 0 Å². The molecule has 0 atom stereocenters. The van der Waals surface area contributed by atoms with Gasteiger partial charge in [0, 0.05) is 36.1 Å². The van der Waals surface area contributed by atoms with Crippen molar-refractivity contribution in [3.63, 3.8) is 0 Å². The highest BCUT2D eigenvalue weighted by atomic mass is 35.5. The van der Waals surface area contributed by atoms with E-state index in [-0.39, 0.29) is 44.9 Å². The number of hydrogen-bond donors (Lipinski definition) is 3. The molecule has 0 aliphatic heterocycles. The molecule has 0 spiro atoms. The molecule has 2 aromatic carbocycles. The number of pyridine rings is 1. The van der Waals surface area contributed by atoms with Crippen LogP contribution in [0.5, 0.6) is 0 Å². The molecule has 2 amide bonds. The third kappa shape index (κ3) is 5.26. The minimum Gasteiger partial charge on any atom is -0.346 e. The fraction of sp³-hybridized carbons (Fsp3) is 0.0385. The zero-order valence-corrected chi connectivity index (χ0v) is 21.0. The molecule has 0 saturated carbocycles. The van der Waals surface area contributed by atoms with Crippen LogP contribution < -0.4 is 10.6 Å². The average molecular weight is 550 g/mol. The zero-order chi connectivity index (χ0) is 26.6. The third-order valence-corrected chi connectivity index (χ3v) is 6.13. The molecule has 0 fully saturated rings. The lowest BCUT2D eigenvalue weighted by atomic mass is 10.1. The summed E-state index contributed by atoms with van der Waals surface area (Å²) in [5, 5.41) is 16.6. The molecule has 5 aromatic rings. The lowest BCUT2D eigenvalue weighted by Gasteiger charge is -2.12. The molecule has 0 bridgehead atoms. The number of rotatable bonds is 7. The Balaban J connectivity index is 1.47. The highest BCUT2D eigenvalue weighted by Crippen LogP contribution is 2.33. The Kier molecular flexibility index (Phi) is 7.16. The number of aromatic nitrogens is 5. The maximum absolute atomic E-state index is 14.4. The molecule has 3 aromatic heterocycles. The van der Waals surface area contributed by atoms with Gasteiger partial charge in [-0.15, -0.1) is 0 Å². The maximum atomic E-state index is 14.4. The Morgan fingerprint density at radius 3 is 2.55 bits per heavy atom. The molecule has 0 radical (unpaired) electrons. The van der Waals surface area contributed by atoms with E-state index in [1.807, 2.05) is 6.07 Å². The molecule has 0 aliphatic carbocycles. The smallest absolute Gasteiger partial charge is 0.272 e. The summed E-state index contributed by atoms with van der Waals surface area (Å²) < 4.78 is 15.8. The number of hydrogen-bond acceptors (Lipinski definition) is 5. The van der Waals surface area contributed by atoms with Gasteiger partial charge in [-0.3, -0.25) is 19.7 Å². The number of nitrogens with zero attached hydrogens (tertiary/aromatic N) is 4. The fourth-order valence-corrected chi connectivity index (χ4v) is 4.22. The van der Waals surface area contributed by atoms with E-state index in [0.29, 0.717) is 5.69 Å². The monoisotopic (exact) mass is 549 g/mol. The van der Waals surface area contributed by atoms with E-state index in [1.54, 1.807) is 36.7 Å². The summed E-state index contributed by atoms with van der Waals surface area (Å²) in [6, 6.07) is 15.8. The van der Waals surface area contributed by atoms with Crippen LogP contribution in [0, 0.1) is 5.82 Å². The standard InChI is InChI=1S/C26H18Cl2FN7O2/c27-19-10-20(28)18(9-17(19)24-21(29)7-4-8-30-24)25(37)34-23-11-22(26(38)31-12-15-13-32-33-14-15)35-36(23)16-5-2-1-3-6-16/h1-11,13-14H,12H2,(H,31,38)(H,32,33)(H,34,37). The quantitative estimate of drug-likeness (QED) is 0.255. The van der Waals surface area contributed by atoms with Gasteiger partial charge in [-0.05, 0) is 36.4 Å². The van der Waals surface area contributed by atoms with Gasteiger partial charge < -0.3 is 10.6 Å². The number of halogens is 3. The average Bonchev–Trinajstić information content (AvgIpc) is 3.59. The van der Waals surface area contributed by atoms with Crippen molar-refractivity contribution in [2.45, 2.75) is 6.54 Å². The van der Waals surface area contributed by atoms with Gasteiger partial charge in [-0.1, -0.05) is 41.4 Å². The van der Waals surface area contributed by atoms with E-state index in [4.69, 9.17) is 23.2 Å². The van der Waals surface area contributed by atoms with Crippen LogP contribution in [0.3, 0.4) is 0 Å². The summed E-state index contributed by atoms with van der Waals surface area (Å²) in [5.74, 6) is -1.46. The second kappa shape index (κ2) is 10.8. The topological polar surface area (TPSA) is 118 Å². The second-order valence-corrected chi connectivity index (χ2v) is 8.87. The van der Waals surface area contributed by atoms with Crippen molar-refractivity contribution < 1.29 is 14.0 Å². The summed E-state index contributed by atoms with van der Waals surface area (Å²) in [5.41, 5.74) is 1.68. The number of para-hydroxylation sites is 1. The highest BCUT2D eigenvalue weighted by molar-refractivity contribution is 6.38. The first kappa shape index (κ1) is 25.1. The van der Waals surface area contributed by atoms with Gasteiger partial charge in [0.05, 0.1) is 27.5 Å². The number of anilines is 1. The number of amides is 2. The molecule has 0 aliphatic rings. The summed E-state index contributed by atoms with van der Waals surface area (Å²) in [6.45, 7) is 0.239. The lowest BCUT2D eigenvalue weighted by Crippen LogP contribution is -2.23.